The summed E-state index contributed by atoms with van der Waals surface area (Å²) in [6.45, 7) is 7.73. The first-order valence-electron chi connectivity index (χ1n) is 9.50. The Morgan fingerprint density at radius 1 is 1.30 bits per heavy atom. The van der Waals surface area contributed by atoms with Crippen LogP contribution in [0.5, 0.6) is 5.75 Å². The first kappa shape index (κ1) is 19.8. The van der Waals surface area contributed by atoms with Gasteiger partial charge in [0.05, 0.1) is 19.4 Å². The highest BCUT2D eigenvalue weighted by atomic mass is 16.5. The normalized spacial score (nSPS) is 16.4. The standard InChI is InChI=1S/C20H30N4O3/c1-16-18(13-22-23(16)2)12-21-11-17-4-3-5-20(10-17)27-15-19(25)14-24-6-8-26-9-7-24/h3-5,10,13,19,21,25H,6-9,11-12,14-15H2,1-2H3. The van der Waals surface area contributed by atoms with Gasteiger partial charge in [0.2, 0.25) is 0 Å². The topological polar surface area (TPSA) is 71.8 Å². The number of aliphatic hydroxyl groups is 1. The minimum Gasteiger partial charge on any atom is -0.491 e. The van der Waals surface area contributed by atoms with E-state index >= 15 is 0 Å². The Kier molecular flexibility index (Phi) is 7.23. The predicted molar refractivity (Wildman–Crippen MR) is 104 cm³/mol. The van der Waals surface area contributed by atoms with Crippen molar-refractivity contribution in [2.24, 2.45) is 7.05 Å². The highest BCUT2D eigenvalue weighted by Crippen LogP contribution is 2.14. The molecule has 0 aliphatic carbocycles. The van der Waals surface area contributed by atoms with Crippen molar-refractivity contribution in [2.75, 3.05) is 39.5 Å². The molecule has 2 N–H and O–H groups in total. The van der Waals surface area contributed by atoms with Gasteiger partial charge in [-0.25, -0.2) is 0 Å². The monoisotopic (exact) mass is 374 g/mol. The average molecular weight is 374 g/mol. The summed E-state index contributed by atoms with van der Waals surface area (Å²) in [6, 6.07) is 8.00. The summed E-state index contributed by atoms with van der Waals surface area (Å²) in [5.41, 5.74) is 3.53. The Hall–Kier alpha value is -1.93. The Morgan fingerprint density at radius 3 is 2.85 bits per heavy atom. The molecule has 3 rings (SSSR count). The Bertz CT molecular complexity index is 713. The fraction of sp³-hybridized carbons (Fsp3) is 0.550. The molecule has 0 saturated carbocycles. The van der Waals surface area contributed by atoms with Gasteiger partial charge in [-0.2, -0.15) is 5.10 Å². The second-order valence-corrected chi connectivity index (χ2v) is 7.01. The molecule has 7 heteroatoms. The Morgan fingerprint density at radius 2 is 2.11 bits per heavy atom. The maximum atomic E-state index is 10.2. The van der Waals surface area contributed by atoms with Gasteiger partial charge in [0.15, 0.2) is 0 Å². The van der Waals surface area contributed by atoms with Gasteiger partial charge in [-0.1, -0.05) is 12.1 Å². The van der Waals surface area contributed by atoms with Crippen LogP contribution >= 0.6 is 0 Å². The van der Waals surface area contributed by atoms with E-state index in [1.54, 1.807) is 0 Å². The average Bonchev–Trinajstić information content (AvgIpc) is 3.00. The van der Waals surface area contributed by atoms with Crippen LogP contribution in [0.15, 0.2) is 30.5 Å². The van der Waals surface area contributed by atoms with Gasteiger partial charge in [-0.05, 0) is 24.6 Å². The molecule has 1 aliphatic rings. The van der Waals surface area contributed by atoms with E-state index in [9.17, 15) is 5.11 Å². The largest absolute Gasteiger partial charge is 0.491 e. The van der Waals surface area contributed by atoms with Crippen molar-refractivity contribution in [3.8, 4) is 5.75 Å². The highest BCUT2D eigenvalue weighted by Gasteiger charge is 2.15. The molecular formula is C20H30N4O3. The summed E-state index contributed by atoms with van der Waals surface area (Å²) in [5, 5.41) is 17.9. The van der Waals surface area contributed by atoms with E-state index in [0.717, 1.165) is 50.7 Å². The van der Waals surface area contributed by atoms with Crippen molar-refractivity contribution in [3.05, 3.63) is 47.3 Å². The maximum Gasteiger partial charge on any atom is 0.119 e. The molecule has 1 atom stereocenters. The fourth-order valence-electron chi connectivity index (χ4n) is 3.13. The van der Waals surface area contributed by atoms with Crippen molar-refractivity contribution in [2.45, 2.75) is 26.1 Å². The molecule has 2 heterocycles. The van der Waals surface area contributed by atoms with Crippen molar-refractivity contribution in [3.63, 3.8) is 0 Å². The number of morpholine rings is 1. The third-order valence-electron chi connectivity index (χ3n) is 4.89. The summed E-state index contributed by atoms with van der Waals surface area (Å²) >= 11 is 0. The van der Waals surface area contributed by atoms with Crippen molar-refractivity contribution in [1.29, 1.82) is 0 Å². The first-order chi connectivity index (χ1) is 13.1. The molecule has 0 amide bonds. The number of β-amino-alcohol motifs (C(OH)–C–C–N with tert-alkyl or cyclic N) is 1. The third kappa shape index (κ3) is 6.04. The second kappa shape index (κ2) is 9.85. The number of ether oxygens (including phenoxy) is 2. The number of nitrogens with one attached hydrogen (secondary N) is 1. The number of nitrogens with zero attached hydrogens (tertiary/aromatic N) is 3. The lowest BCUT2D eigenvalue weighted by Crippen LogP contribution is -2.42. The molecule has 1 fully saturated rings. The molecule has 7 nitrogen and oxygen atoms in total. The van der Waals surface area contributed by atoms with Crippen LogP contribution in [0.3, 0.4) is 0 Å². The third-order valence-corrected chi connectivity index (χ3v) is 4.89. The van der Waals surface area contributed by atoms with Crippen LogP contribution in [0, 0.1) is 6.92 Å². The number of benzene rings is 1. The zero-order chi connectivity index (χ0) is 19.1. The van der Waals surface area contributed by atoms with Gasteiger partial charge in [0.1, 0.15) is 18.5 Å². The van der Waals surface area contributed by atoms with E-state index in [2.05, 4.69) is 28.3 Å². The second-order valence-electron chi connectivity index (χ2n) is 7.01. The van der Waals surface area contributed by atoms with Crippen LogP contribution < -0.4 is 10.1 Å². The molecular weight excluding hydrogens is 344 g/mol. The van der Waals surface area contributed by atoms with Crippen LogP contribution in [-0.4, -0.2) is 65.3 Å². The van der Waals surface area contributed by atoms with Crippen molar-refractivity contribution >= 4 is 0 Å². The van der Waals surface area contributed by atoms with E-state index in [4.69, 9.17) is 9.47 Å². The molecule has 27 heavy (non-hydrogen) atoms. The van der Waals surface area contributed by atoms with Gasteiger partial charge < -0.3 is 19.9 Å². The highest BCUT2D eigenvalue weighted by molar-refractivity contribution is 5.28. The fourth-order valence-corrected chi connectivity index (χ4v) is 3.13. The number of hydrogen-bond acceptors (Lipinski definition) is 6. The molecule has 1 aromatic carbocycles. The van der Waals surface area contributed by atoms with Crippen LogP contribution in [-0.2, 0) is 24.9 Å². The quantitative estimate of drug-likeness (QED) is 0.685. The van der Waals surface area contributed by atoms with E-state index in [-0.39, 0.29) is 0 Å². The van der Waals surface area contributed by atoms with E-state index in [1.165, 1.54) is 11.3 Å². The number of rotatable bonds is 9. The Labute approximate surface area is 160 Å². The lowest BCUT2D eigenvalue weighted by Gasteiger charge is -2.28. The molecule has 2 aromatic rings. The number of aryl methyl sites for hydroxylation is 1. The van der Waals surface area contributed by atoms with Crippen molar-refractivity contribution in [1.82, 2.24) is 20.0 Å². The summed E-state index contributed by atoms with van der Waals surface area (Å²) in [6.07, 6.45) is 1.40. The zero-order valence-corrected chi connectivity index (χ0v) is 16.2. The molecule has 148 valence electrons. The lowest BCUT2D eigenvalue weighted by atomic mass is 10.2. The lowest BCUT2D eigenvalue weighted by molar-refractivity contribution is 0.00465. The summed E-state index contributed by atoms with van der Waals surface area (Å²) in [5.74, 6) is 0.785. The molecule has 0 bridgehead atoms. The first-order valence-corrected chi connectivity index (χ1v) is 9.50. The van der Waals surface area contributed by atoms with E-state index < -0.39 is 6.10 Å². The Balaban J connectivity index is 1.42. The van der Waals surface area contributed by atoms with E-state index in [0.29, 0.717) is 13.2 Å². The molecule has 0 radical (unpaired) electrons. The minimum atomic E-state index is -0.501. The number of aliphatic hydroxyl groups excluding tert-OH is 1. The van der Waals surface area contributed by atoms with Crippen LogP contribution in [0.25, 0.3) is 0 Å². The van der Waals surface area contributed by atoms with E-state index in [1.807, 2.05) is 36.1 Å². The van der Waals surface area contributed by atoms with Crippen LogP contribution in [0.1, 0.15) is 16.8 Å². The smallest absolute Gasteiger partial charge is 0.119 e. The van der Waals surface area contributed by atoms with Gasteiger partial charge in [0.25, 0.3) is 0 Å². The maximum absolute atomic E-state index is 10.2. The number of aromatic nitrogens is 2. The molecule has 1 saturated heterocycles. The summed E-state index contributed by atoms with van der Waals surface area (Å²) < 4.78 is 13.0. The summed E-state index contributed by atoms with van der Waals surface area (Å²) in [4.78, 5) is 2.21. The van der Waals surface area contributed by atoms with Gasteiger partial charge in [-0.3, -0.25) is 9.58 Å². The van der Waals surface area contributed by atoms with Crippen LogP contribution in [0.4, 0.5) is 0 Å². The van der Waals surface area contributed by atoms with Gasteiger partial charge in [-0.15, -0.1) is 0 Å². The SMILES string of the molecule is Cc1c(CNCc2cccc(OCC(O)CN3CCOCC3)c2)cnn1C. The molecule has 1 aliphatic heterocycles. The van der Waals surface area contributed by atoms with Crippen molar-refractivity contribution < 1.29 is 14.6 Å². The molecule has 1 unspecified atom stereocenters. The zero-order valence-electron chi connectivity index (χ0n) is 16.2. The summed E-state index contributed by atoms with van der Waals surface area (Å²) in [7, 11) is 1.95. The molecule has 0 spiro atoms. The molecule has 1 aromatic heterocycles. The van der Waals surface area contributed by atoms with Crippen LogP contribution in [0.2, 0.25) is 0 Å². The van der Waals surface area contributed by atoms with Gasteiger partial charge in [0, 0.05) is 51.0 Å². The number of hydrogen-bond donors (Lipinski definition) is 2. The predicted octanol–water partition coefficient (Wildman–Crippen LogP) is 1.09. The van der Waals surface area contributed by atoms with Gasteiger partial charge >= 0.3 is 0 Å². The minimum absolute atomic E-state index is 0.295.